The van der Waals surface area contributed by atoms with E-state index >= 15 is 0 Å². The molecule has 13 N–H and O–H groups in total. The van der Waals surface area contributed by atoms with Gasteiger partial charge in [-0.25, -0.2) is 4.79 Å². The molecule has 0 aliphatic heterocycles. The highest BCUT2D eigenvalue weighted by Gasteiger charge is 2.32. The Balaban J connectivity index is 2.97. The number of aliphatic imine (C=N–C) groups is 1. The number of hydrogen-bond donors (Lipinski definition) is 9. The molecule has 1 aromatic rings. The number of aliphatic hydroxyl groups excluding tert-OH is 1. The van der Waals surface area contributed by atoms with Crippen LogP contribution >= 0.6 is 0 Å². The summed E-state index contributed by atoms with van der Waals surface area (Å²) in [5, 5.41) is 27.2. The van der Waals surface area contributed by atoms with Gasteiger partial charge in [0, 0.05) is 13.0 Å². The summed E-state index contributed by atoms with van der Waals surface area (Å²) in [6, 6.07) is 3.87. The number of hydrogen-bond acceptors (Lipinski definition) is 8. The standard InChI is InChI=1S/C25H42N8O6/c1-15(34)20(23(37)32-19(24(38)39)14-16-8-3-2-4-9-16)33-22(36)18(11-7-13-30-25(28)29)31-21(35)17(27)10-5-6-12-26/h2-4,8-9,15,17-20,34H,5-7,10-14,26-27H2,1H3,(H,31,35)(H,32,37)(H,33,36)(H,38,39)(H4,28,29,30). The Hall–Kier alpha value is -3.75. The third-order valence-corrected chi connectivity index (χ3v) is 5.84. The molecule has 0 aromatic heterocycles. The zero-order valence-electron chi connectivity index (χ0n) is 22.2. The van der Waals surface area contributed by atoms with Crippen molar-refractivity contribution in [2.24, 2.45) is 27.9 Å². The van der Waals surface area contributed by atoms with Gasteiger partial charge in [0.1, 0.15) is 18.1 Å². The Bertz CT molecular complexity index is 955. The minimum absolute atomic E-state index is 0.00604. The smallest absolute Gasteiger partial charge is 0.326 e. The van der Waals surface area contributed by atoms with Gasteiger partial charge < -0.3 is 49.1 Å². The molecular weight excluding hydrogens is 508 g/mol. The molecule has 3 amide bonds. The number of carboxylic acids is 1. The first-order valence-electron chi connectivity index (χ1n) is 12.8. The van der Waals surface area contributed by atoms with E-state index in [9.17, 15) is 29.4 Å². The molecule has 14 nitrogen and oxygen atoms in total. The number of amides is 3. The Kier molecular flexibility index (Phi) is 15.1. The maximum atomic E-state index is 13.1. The van der Waals surface area contributed by atoms with Gasteiger partial charge in [0.05, 0.1) is 12.1 Å². The molecule has 39 heavy (non-hydrogen) atoms. The van der Waals surface area contributed by atoms with Crippen LogP contribution in [0, 0.1) is 0 Å². The van der Waals surface area contributed by atoms with E-state index in [1.807, 2.05) is 0 Å². The lowest BCUT2D eigenvalue weighted by atomic mass is 10.0. The van der Waals surface area contributed by atoms with Crippen molar-refractivity contribution in [3.63, 3.8) is 0 Å². The van der Waals surface area contributed by atoms with Crippen LogP contribution in [0.25, 0.3) is 0 Å². The van der Waals surface area contributed by atoms with Crippen molar-refractivity contribution >= 4 is 29.7 Å². The fraction of sp³-hybridized carbons (Fsp3) is 0.560. The molecule has 0 saturated carbocycles. The number of carbonyl (C=O) groups is 4. The van der Waals surface area contributed by atoms with Gasteiger partial charge in [-0.2, -0.15) is 0 Å². The predicted octanol–water partition coefficient (Wildman–Crippen LogP) is -2.34. The van der Waals surface area contributed by atoms with Crippen molar-refractivity contribution < 1.29 is 29.4 Å². The van der Waals surface area contributed by atoms with E-state index in [4.69, 9.17) is 22.9 Å². The molecule has 0 spiro atoms. The average molecular weight is 551 g/mol. The quantitative estimate of drug-likeness (QED) is 0.0534. The van der Waals surface area contributed by atoms with Crippen molar-refractivity contribution in [2.75, 3.05) is 13.1 Å². The van der Waals surface area contributed by atoms with E-state index < -0.39 is 54.0 Å². The van der Waals surface area contributed by atoms with Crippen LogP contribution in [0.4, 0.5) is 0 Å². The normalized spacial score (nSPS) is 14.7. The van der Waals surface area contributed by atoms with Crippen molar-refractivity contribution in [1.29, 1.82) is 0 Å². The molecule has 14 heteroatoms. The first kappa shape index (κ1) is 33.3. The summed E-state index contributed by atoms with van der Waals surface area (Å²) in [4.78, 5) is 54.4. The number of nitrogens with two attached hydrogens (primary N) is 4. The molecule has 5 unspecified atom stereocenters. The predicted molar refractivity (Wildman–Crippen MR) is 146 cm³/mol. The molecule has 0 fully saturated rings. The van der Waals surface area contributed by atoms with Gasteiger partial charge in [0.15, 0.2) is 5.96 Å². The lowest BCUT2D eigenvalue weighted by molar-refractivity contribution is -0.143. The topological polar surface area (TPSA) is 261 Å². The Labute approximate surface area is 228 Å². The van der Waals surface area contributed by atoms with Crippen LogP contribution in [0.1, 0.15) is 44.6 Å². The highest BCUT2D eigenvalue weighted by molar-refractivity contribution is 5.94. The number of carbonyl (C=O) groups excluding carboxylic acids is 3. The molecule has 0 aliphatic rings. The Morgan fingerprint density at radius 2 is 1.54 bits per heavy atom. The zero-order chi connectivity index (χ0) is 29.4. The fourth-order valence-electron chi connectivity index (χ4n) is 3.66. The molecule has 5 atom stereocenters. The van der Waals surface area contributed by atoms with E-state index in [2.05, 4.69) is 20.9 Å². The van der Waals surface area contributed by atoms with E-state index in [1.165, 1.54) is 6.92 Å². The number of carboxylic acid groups (broad SMARTS) is 1. The highest BCUT2D eigenvalue weighted by Crippen LogP contribution is 2.07. The summed E-state index contributed by atoms with van der Waals surface area (Å²) in [6.07, 6.45) is 0.708. The fourth-order valence-corrected chi connectivity index (χ4v) is 3.66. The van der Waals surface area contributed by atoms with Crippen LogP contribution in [0.3, 0.4) is 0 Å². The molecule has 0 aliphatic carbocycles. The minimum Gasteiger partial charge on any atom is -0.480 e. The van der Waals surface area contributed by atoms with Crippen LogP contribution in [0.15, 0.2) is 35.3 Å². The molecule has 218 valence electrons. The largest absolute Gasteiger partial charge is 0.480 e. The Morgan fingerprint density at radius 1 is 0.897 bits per heavy atom. The number of aliphatic hydroxyl groups is 1. The van der Waals surface area contributed by atoms with Gasteiger partial charge in [0.2, 0.25) is 17.7 Å². The lowest BCUT2D eigenvalue weighted by Crippen LogP contribution is -2.60. The molecular formula is C25H42N8O6. The van der Waals surface area contributed by atoms with Crippen molar-refractivity contribution in [3.05, 3.63) is 35.9 Å². The highest BCUT2D eigenvalue weighted by atomic mass is 16.4. The summed E-state index contributed by atoms with van der Waals surface area (Å²) < 4.78 is 0. The van der Waals surface area contributed by atoms with Gasteiger partial charge >= 0.3 is 5.97 Å². The number of nitrogens with zero attached hydrogens (tertiary/aromatic N) is 1. The van der Waals surface area contributed by atoms with Gasteiger partial charge in [-0.3, -0.25) is 19.4 Å². The summed E-state index contributed by atoms with van der Waals surface area (Å²) in [5.74, 6) is -3.64. The number of nitrogens with one attached hydrogen (secondary N) is 3. The second kappa shape index (κ2) is 17.7. The maximum Gasteiger partial charge on any atom is 0.326 e. The molecule has 0 radical (unpaired) electrons. The zero-order valence-corrected chi connectivity index (χ0v) is 22.2. The number of rotatable bonds is 18. The number of benzene rings is 1. The van der Waals surface area contributed by atoms with Crippen LogP contribution < -0.4 is 38.9 Å². The second-order valence-corrected chi connectivity index (χ2v) is 9.22. The second-order valence-electron chi connectivity index (χ2n) is 9.22. The molecule has 1 rings (SSSR count). The van der Waals surface area contributed by atoms with Gasteiger partial charge in [-0.15, -0.1) is 0 Å². The van der Waals surface area contributed by atoms with Crippen molar-refractivity contribution in [2.45, 2.75) is 75.7 Å². The van der Waals surface area contributed by atoms with Crippen LogP contribution in [0.5, 0.6) is 0 Å². The SMILES string of the molecule is CC(O)C(NC(=O)C(CCCN=C(N)N)NC(=O)C(N)CCCCN)C(=O)NC(Cc1ccccc1)C(=O)O. The Morgan fingerprint density at radius 3 is 2.10 bits per heavy atom. The first-order valence-corrected chi connectivity index (χ1v) is 12.8. The molecule has 0 heterocycles. The molecule has 0 bridgehead atoms. The third-order valence-electron chi connectivity index (χ3n) is 5.84. The third kappa shape index (κ3) is 13.0. The summed E-state index contributed by atoms with van der Waals surface area (Å²) in [7, 11) is 0. The first-order chi connectivity index (χ1) is 18.5. The minimum atomic E-state index is -1.49. The molecule has 0 saturated heterocycles. The van der Waals surface area contributed by atoms with Gasteiger partial charge in [-0.1, -0.05) is 36.8 Å². The van der Waals surface area contributed by atoms with E-state index in [0.29, 0.717) is 37.8 Å². The van der Waals surface area contributed by atoms with E-state index in [1.54, 1.807) is 30.3 Å². The summed E-state index contributed by atoms with van der Waals surface area (Å²) >= 11 is 0. The monoisotopic (exact) mass is 550 g/mol. The van der Waals surface area contributed by atoms with Crippen molar-refractivity contribution in [1.82, 2.24) is 16.0 Å². The average Bonchev–Trinajstić information content (AvgIpc) is 2.88. The number of unbranched alkanes of at least 4 members (excludes halogenated alkanes) is 1. The maximum absolute atomic E-state index is 13.1. The number of guanidine groups is 1. The van der Waals surface area contributed by atoms with Gasteiger partial charge in [0.25, 0.3) is 0 Å². The number of aliphatic carboxylic acids is 1. The van der Waals surface area contributed by atoms with Crippen LogP contribution in [-0.4, -0.2) is 83.2 Å². The van der Waals surface area contributed by atoms with Crippen molar-refractivity contribution in [3.8, 4) is 0 Å². The summed E-state index contributed by atoms with van der Waals surface area (Å²) in [6.45, 7) is 1.92. The van der Waals surface area contributed by atoms with E-state index in [-0.39, 0.29) is 25.3 Å². The van der Waals surface area contributed by atoms with Crippen LogP contribution in [-0.2, 0) is 25.6 Å². The van der Waals surface area contributed by atoms with Gasteiger partial charge in [-0.05, 0) is 44.7 Å². The van der Waals surface area contributed by atoms with Crippen LogP contribution in [0.2, 0.25) is 0 Å². The lowest BCUT2D eigenvalue weighted by Gasteiger charge is -2.26. The molecule has 1 aromatic carbocycles. The summed E-state index contributed by atoms with van der Waals surface area (Å²) in [5.41, 5.74) is 22.8. The van der Waals surface area contributed by atoms with E-state index in [0.717, 1.165) is 0 Å².